The molecule has 132 valence electrons. The summed E-state index contributed by atoms with van der Waals surface area (Å²) in [6.45, 7) is 2.12. The Morgan fingerprint density at radius 1 is 1.15 bits per heavy atom. The monoisotopic (exact) mass is 349 g/mol. The van der Waals surface area contributed by atoms with Crippen molar-refractivity contribution >= 4 is 22.5 Å². The second-order valence-corrected chi connectivity index (χ2v) is 6.11. The van der Waals surface area contributed by atoms with Gasteiger partial charge in [0.1, 0.15) is 12.3 Å². The van der Waals surface area contributed by atoms with Crippen LogP contribution in [0.1, 0.15) is 18.8 Å². The van der Waals surface area contributed by atoms with Gasteiger partial charge < -0.3 is 14.6 Å². The van der Waals surface area contributed by atoms with E-state index in [1.54, 1.807) is 7.11 Å². The number of methoxy groups -OCH3 is 1. The van der Waals surface area contributed by atoms with Crippen molar-refractivity contribution in [1.29, 1.82) is 0 Å². The zero-order valence-corrected chi connectivity index (χ0v) is 14.6. The summed E-state index contributed by atoms with van der Waals surface area (Å²) in [6, 6.07) is 13.2. The zero-order valence-electron chi connectivity index (χ0n) is 14.6. The molecule has 4 aromatic rings. The second-order valence-electron chi connectivity index (χ2n) is 6.11. The van der Waals surface area contributed by atoms with Crippen LogP contribution in [-0.4, -0.2) is 32.2 Å². The minimum absolute atomic E-state index is 0.0921. The fourth-order valence-corrected chi connectivity index (χ4v) is 3.17. The van der Waals surface area contributed by atoms with Crippen molar-refractivity contribution in [3.05, 3.63) is 60.7 Å². The van der Waals surface area contributed by atoms with Crippen LogP contribution in [0.4, 0.5) is 0 Å². The van der Waals surface area contributed by atoms with Crippen LogP contribution in [0.2, 0.25) is 0 Å². The van der Waals surface area contributed by atoms with Gasteiger partial charge in [-0.25, -0.2) is 0 Å². The van der Waals surface area contributed by atoms with Gasteiger partial charge in [-0.2, -0.15) is 0 Å². The van der Waals surface area contributed by atoms with E-state index in [0.717, 1.165) is 22.3 Å². The summed E-state index contributed by atoms with van der Waals surface area (Å²) < 4.78 is 9.15. The highest BCUT2D eigenvalue weighted by molar-refractivity contribution is 5.88. The third kappa shape index (κ3) is 2.77. The van der Waals surface area contributed by atoms with Crippen molar-refractivity contribution in [1.82, 2.24) is 24.5 Å². The highest BCUT2D eigenvalue weighted by atomic mass is 16.5. The molecule has 0 aliphatic carbocycles. The van der Waals surface area contributed by atoms with Crippen LogP contribution in [0.25, 0.3) is 16.6 Å². The number of nitrogens with one attached hydrogen (secondary N) is 1. The topological polar surface area (TPSA) is 73.4 Å². The molecule has 0 fully saturated rings. The fourth-order valence-electron chi connectivity index (χ4n) is 3.17. The minimum atomic E-state index is -0.253. The number of fused-ring (bicyclic) bond motifs is 2. The molecule has 1 aromatic carbocycles. The predicted octanol–water partition coefficient (Wildman–Crippen LogP) is 2.57. The first kappa shape index (κ1) is 16.1. The molecule has 26 heavy (non-hydrogen) atoms. The maximum absolute atomic E-state index is 12.5. The molecule has 3 heterocycles. The molecule has 1 atom stereocenters. The molecule has 0 saturated heterocycles. The average molecular weight is 349 g/mol. The first-order valence-electron chi connectivity index (χ1n) is 8.38. The quantitative estimate of drug-likeness (QED) is 0.601. The molecule has 0 spiro atoms. The molecule has 1 amide bonds. The molecule has 0 unspecified atom stereocenters. The van der Waals surface area contributed by atoms with E-state index in [2.05, 4.69) is 15.5 Å². The maximum Gasteiger partial charge on any atom is 0.240 e. The lowest BCUT2D eigenvalue weighted by atomic mass is 10.2. The van der Waals surface area contributed by atoms with Gasteiger partial charge in [0.2, 0.25) is 5.91 Å². The number of benzene rings is 1. The molecule has 0 bridgehead atoms. The van der Waals surface area contributed by atoms with Crippen molar-refractivity contribution in [2.24, 2.45) is 0 Å². The number of aromatic nitrogens is 4. The molecule has 1 N–H and O–H groups in total. The normalized spacial score (nSPS) is 12.4. The van der Waals surface area contributed by atoms with E-state index in [1.165, 1.54) is 0 Å². The Kier molecular flexibility index (Phi) is 4.04. The van der Waals surface area contributed by atoms with Crippen molar-refractivity contribution in [3.63, 3.8) is 0 Å². The lowest BCUT2D eigenvalue weighted by Gasteiger charge is -2.13. The van der Waals surface area contributed by atoms with Crippen LogP contribution in [0.5, 0.6) is 5.75 Å². The van der Waals surface area contributed by atoms with Gasteiger partial charge in [-0.1, -0.05) is 12.1 Å². The first-order chi connectivity index (χ1) is 12.7. The standard InChI is InChI=1S/C19H19N5O2/c1-13(19-22-21-17-8-3-4-10-24(17)19)20-18(25)12-23-11-9-14-15(23)6-5-7-16(14)26-2/h3-11,13H,12H2,1-2H3,(H,20,25)/t13-/m1/s1. The molecule has 4 rings (SSSR count). The minimum Gasteiger partial charge on any atom is -0.496 e. The summed E-state index contributed by atoms with van der Waals surface area (Å²) in [6.07, 6.45) is 3.78. The van der Waals surface area contributed by atoms with Gasteiger partial charge in [0, 0.05) is 17.8 Å². The predicted molar refractivity (Wildman–Crippen MR) is 98.0 cm³/mol. The van der Waals surface area contributed by atoms with E-state index in [1.807, 2.05) is 70.7 Å². The third-order valence-corrected chi connectivity index (χ3v) is 4.41. The molecule has 0 aliphatic rings. The Bertz CT molecular complexity index is 1080. The number of rotatable bonds is 5. The van der Waals surface area contributed by atoms with Crippen molar-refractivity contribution < 1.29 is 9.53 Å². The summed E-state index contributed by atoms with van der Waals surface area (Å²) in [4.78, 5) is 12.5. The number of ether oxygens (including phenoxy) is 1. The van der Waals surface area contributed by atoms with Gasteiger partial charge in [-0.3, -0.25) is 9.20 Å². The summed E-state index contributed by atoms with van der Waals surface area (Å²) in [5.41, 5.74) is 1.71. The SMILES string of the molecule is COc1cccc2c1ccn2CC(=O)N[C@H](C)c1nnc2ccccn12. The molecule has 7 heteroatoms. The van der Waals surface area contributed by atoms with Gasteiger partial charge in [-0.15, -0.1) is 10.2 Å². The van der Waals surface area contributed by atoms with Gasteiger partial charge in [-0.05, 0) is 37.3 Å². The van der Waals surface area contributed by atoms with E-state index in [-0.39, 0.29) is 18.5 Å². The Morgan fingerprint density at radius 2 is 2.04 bits per heavy atom. The highest BCUT2D eigenvalue weighted by Crippen LogP contribution is 2.26. The third-order valence-electron chi connectivity index (χ3n) is 4.41. The Balaban J connectivity index is 1.52. The largest absolute Gasteiger partial charge is 0.496 e. The van der Waals surface area contributed by atoms with Crippen molar-refractivity contribution in [2.75, 3.05) is 7.11 Å². The molecule has 7 nitrogen and oxygen atoms in total. The summed E-state index contributed by atoms with van der Waals surface area (Å²) in [5.74, 6) is 1.41. The van der Waals surface area contributed by atoms with Crippen LogP contribution in [-0.2, 0) is 11.3 Å². The molecule has 0 saturated carbocycles. The number of carbonyl (C=O) groups excluding carboxylic acids is 1. The van der Waals surface area contributed by atoms with Crippen LogP contribution < -0.4 is 10.1 Å². The summed E-state index contributed by atoms with van der Waals surface area (Å²) >= 11 is 0. The first-order valence-corrected chi connectivity index (χ1v) is 8.38. The van der Waals surface area contributed by atoms with Crippen LogP contribution >= 0.6 is 0 Å². The number of pyridine rings is 1. The van der Waals surface area contributed by atoms with E-state index in [0.29, 0.717) is 5.82 Å². The van der Waals surface area contributed by atoms with E-state index >= 15 is 0 Å². The smallest absolute Gasteiger partial charge is 0.240 e. The number of hydrogen-bond acceptors (Lipinski definition) is 4. The molecular formula is C19H19N5O2. The average Bonchev–Trinajstić information content (AvgIpc) is 3.26. The number of amides is 1. The van der Waals surface area contributed by atoms with Gasteiger partial charge in [0.25, 0.3) is 0 Å². The zero-order chi connectivity index (χ0) is 18.1. The lowest BCUT2D eigenvalue weighted by molar-refractivity contribution is -0.122. The van der Waals surface area contributed by atoms with Gasteiger partial charge in [0.05, 0.1) is 18.7 Å². The lowest BCUT2D eigenvalue weighted by Crippen LogP contribution is -2.30. The molecule has 0 aliphatic heterocycles. The Hall–Kier alpha value is -3.35. The number of carbonyl (C=O) groups is 1. The van der Waals surface area contributed by atoms with Gasteiger partial charge in [0.15, 0.2) is 11.5 Å². The van der Waals surface area contributed by atoms with E-state index in [4.69, 9.17) is 4.74 Å². The Labute approximate surface area is 150 Å². The van der Waals surface area contributed by atoms with Crippen LogP contribution in [0.3, 0.4) is 0 Å². The highest BCUT2D eigenvalue weighted by Gasteiger charge is 2.16. The number of nitrogens with zero attached hydrogens (tertiary/aromatic N) is 4. The van der Waals surface area contributed by atoms with Crippen LogP contribution in [0, 0.1) is 0 Å². The van der Waals surface area contributed by atoms with E-state index in [9.17, 15) is 4.79 Å². The molecular weight excluding hydrogens is 330 g/mol. The second kappa shape index (κ2) is 6.51. The Morgan fingerprint density at radius 3 is 2.88 bits per heavy atom. The van der Waals surface area contributed by atoms with Crippen molar-refractivity contribution in [2.45, 2.75) is 19.5 Å². The maximum atomic E-state index is 12.5. The molecule has 3 aromatic heterocycles. The molecule has 0 radical (unpaired) electrons. The van der Waals surface area contributed by atoms with Crippen molar-refractivity contribution in [3.8, 4) is 5.75 Å². The van der Waals surface area contributed by atoms with Crippen LogP contribution in [0.15, 0.2) is 54.9 Å². The van der Waals surface area contributed by atoms with Gasteiger partial charge >= 0.3 is 0 Å². The summed E-state index contributed by atoms with van der Waals surface area (Å²) in [5, 5.41) is 12.3. The summed E-state index contributed by atoms with van der Waals surface area (Å²) in [7, 11) is 1.64. The fraction of sp³-hybridized carbons (Fsp3) is 0.211. The number of hydrogen-bond donors (Lipinski definition) is 1. The van der Waals surface area contributed by atoms with E-state index < -0.39 is 0 Å².